The van der Waals surface area contributed by atoms with Gasteiger partial charge in [0.25, 0.3) is 0 Å². The molecule has 64 valence electrons. The van der Waals surface area contributed by atoms with Gasteiger partial charge in [-0.05, 0) is 13.3 Å². The van der Waals surface area contributed by atoms with Crippen LogP contribution in [0.2, 0.25) is 0 Å². The van der Waals surface area contributed by atoms with Crippen LogP contribution in [0.15, 0.2) is 0 Å². The van der Waals surface area contributed by atoms with Gasteiger partial charge in [-0.2, -0.15) is 0 Å². The van der Waals surface area contributed by atoms with Crippen molar-refractivity contribution in [1.82, 2.24) is 0 Å². The molecule has 0 radical (unpaired) electrons. The van der Waals surface area contributed by atoms with Crippen molar-refractivity contribution >= 4 is 0 Å². The number of unbranched alkanes of at least 4 members (excludes halogenated alkanes) is 3. The fourth-order valence-electron chi connectivity index (χ4n) is 0.738. The molecule has 0 saturated heterocycles. The van der Waals surface area contributed by atoms with Gasteiger partial charge in [-0.25, -0.2) is 0 Å². The minimum atomic E-state index is 0.0941. The first-order valence-electron chi connectivity index (χ1n) is 4.32. The van der Waals surface area contributed by atoms with E-state index in [-0.39, 0.29) is 6.10 Å². The van der Waals surface area contributed by atoms with E-state index in [1.165, 1.54) is 19.3 Å². The Labute approximate surface area is 70.1 Å². The molecule has 0 bridgehead atoms. The summed E-state index contributed by atoms with van der Waals surface area (Å²) in [6.07, 6.45) is 4.88. The van der Waals surface area contributed by atoms with Crippen LogP contribution >= 0.6 is 0 Å². The lowest BCUT2D eigenvalue weighted by Gasteiger charge is -1.96. The highest BCUT2D eigenvalue weighted by Crippen LogP contribution is 1.96. The Morgan fingerprint density at radius 2 is 2.09 bits per heavy atom. The number of hydrogen-bond acceptors (Lipinski definition) is 1. The summed E-state index contributed by atoms with van der Waals surface area (Å²) in [5.41, 5.74) is 0. The Hall–Kier alpha value is -0.480. The average Bonchev–Trinajstić information content (AvgIpc) is 2.04. The van der Waals surface area contributed by atoms with Crippen LogP contribution in [0.1, 0.15) is 39.5 Å². The topological polar surface area (TPSA) is 9.23 Å². The minimum Gasteiger partial charge on any atom is -0.369 e. The maximum absolute atomic E-state index is 4.98. The third kappa shape index (κ3) is 7.42. The molecule has 0 N–H and O–H groups in total. The molecule has 1 nitrogen and oxygen atoms in total. The van der Waals surface area contributed by atoms with Crippen molar-refractivity contribution in [2.45, 2.75) is 45.6 Å². The molecule has 0 aliphatic carbocycles. The van der Waals surface area contributed by atoms with Crippen molar-refractivity contribution in [3.05, 3.63) is 0 Å². The zero-order valence-corrected chi connectivity index (χ0v) is 7.81. The zero-order chi connectivity index (χ0) is 8.53. The number of hydrogen-bond donors (Lipinski definition) is 0. The third-order valence-corrected chi connectivity index (χ3v) is 1.56. The Kier molecular flexibility index (Phi) is 7.29. The number of rotatable bonds is 4. The molecule has 0 aliphatic heterocycles. The van der Waals surface area contributed by atoms with Crippen LogP contribution in [-0.2, 0) is 4.74 Å². The van der Waals surface area contributed by atoms with E-state index in [0.29, 0.717) is 0 Å². The Morgan fingerprint density at radius 3 is 2.64 bits per heavy atom. The van der Waals surface area contributed by atoms with E-state index >= 15 is 0 Å². The normalized spacial score (nSPS) is 11.9. The van der Waals surface area contributed by atoms with Crippen molar-refractivity contribution < 1.29 is 4.74 Å². The Bertz CT molecular complexity index is 130. The second kappa shape index (κ2) is 7.63. The number of methoxy groups -OCH3 is 1. The molecular weight excluding hydrogens is 136 g/mol. The quantitative estimate of drug-likeness (QED) is 0.447. The molecule has 0 rings (SSSR count). The highest BCUT2D eigenvalue weighted by molar-refractivity contribution is 5.03. The Balaban J connectivity index is 3.25. The summed E-state index contributed by atoms with van der Waals surface area (Å²) in [6.45, 7) is 4.16. The summed E-state index contributed by atoms with van der Waals surface area (Å²) in [7, 11) is 1.69. The van der Waals surface area contributed by atoms with Crippen molar-refractivity contribution in [1.29, 1.82) is 0 Å². The maximum atomic E-state index is 4.98. The SMILES string of the molecule is CCCCCC#CC(C)OC. The van der Waals surface area contributed by atoms with E-state index in [2.05, 4.69) is 18.8 Å². The fourth-order valence-corrected chi connectivity index (χ4v) is 0.738. The predicted molar refractivity (Wildman–Crippen MR) is 48.4 cm³/mol. The monoisotopic (exact) mass is 154 g/mol. The van der Waals surface area contributed by atoms with E-state index in [1.54, 1.807) is 7.11 Å². The van der Waals surface area contributed by atoms with Crippen LogP contribution in [-0.4, -0.2) is 13.2 Å². The molecule has 0 spiro atoms. The van der Waals surface area contributed by atoms with Crippen molar-refractivity contribution in [2.75, 3.05) is 7.11 Å². The zero-order valence-electron chi connectivity index (χ0n) is 7.81. The standard InChI is InChI=1S/C10H18O/c1-4-5-6-7-8-9-10(2)11-3/h10H,4-7H2,1-3H3. The van der Waals surface area contributed by atoms with Crippen LogP contribution in [0.25, 0.3) is 0 Å². The van der Waals surface area contributed by atoms with Crippen LogP contribution in [0.3, 0.4) is 0 Å². The molecule has 0 aromatic rings. The lowest BCUT2D eigenvalue weighted by Crippen LogP contribution is -1.99. The molecule has 1 unspecified atom stereocenters. The molecule has 0 aromatic carbocycles. The smallest absolute Gasteiger partial charge is 0.115 e. The molecule has 0 saturated carbocycles. The molecule has 0 fully saturated rings. The molecule has 1 heteroatoms. The molecular formula is C10H18O. The van der Waals surface area contributed by atoms with Gasteiger partial charge < -0.3 is 4.74 Å². The van der Waals surface area contributed by atoms with Crippen LogP contribution in [0.4, 0.5) is 0 Å². The number of ether oxygens (including phenoxy) is 1. The van der Waals surface area contributed by atoms with Gasteiger partial charge in [0.2, 0.25) is 0 Å². The highest BCUT2D eigenvalue weighted by Gasteiger charge is 1.87. The van der Waals surface area contributed by atoms with Gasteiger partial charge in [0.1, 0.15) is 6.10 Å². The molecule has 11 heavy (non-hydrogen) atoms. The lowest BCUT2D eigenvalue weighted by atomic mass is 10.2. The first-order valence-corrected chi connectivity index (χ1v) is 4.32. The lowest BCUT2D eigenvalue weighted by molar-refractivity contribution is 0.163. The van der Waals surface area contributed by atoms with E-state index in [9.17, 15) is 0 Å². The van der Waals surface area contributed by atoms with Gasteiger partial charge in [0.15, 0.2) is 0 Å². The largest absolute Gasteiger partial charge is 0.369 e. The molecule has 0 amide bonds. The minimum absolute atomic E-state index is 0.0941. The molecule has 0 aromatic heterocycles. The van der Waals surface area contributed by atoms with Crippen LogP contribution in [0.5, 0.6) is 0 Å². The summed E-state index contributed by atoms with van der Waals surface area (Å²) in [5.74, 6) is 6.11. The van der Waals surface area contributed by atoms with Gasteiger partial charge in [0, 0.05) is 13.5 Å². The van der Waals surface area contributed by atoms with Gasteiger partial charge in [-0.1, -0.05) is 25.7 Å². The molecule has 1 atom stereocenters. The second-order valence-corrected chi connectivity index (χ2v) is 2.66. The molecule has 0 heterocycles. The Morgan fingerprint density at radius 1 is 1.36 bits per heavy atom. The van der Waals surface area contributed by atoms with Gasteiger partial charge >= 0.3 is 0 Å². The second-order valence-electron chi connectivity index (χ2n) is 2.66. The summed E-state index contributed by atoms with van der Waals surface area (Å²) in [5, 5.41) is 0. The maximum Gasteiger partial charge on any atom is 0.115 e. The van der Waals surface area contributed by atoms with Gasteiger partial charge in [-0.15, -0.1) is 5.92 Å². The van der Waals surface area contributed by atoms with E-state index < -0.39 is 0 Å². The van der Waals surface area contributed by atoms with Crippen molar-refractivity contribution in [3.8, 4) is 11.8 Å². The van der Waals surface area contributed by atoms with Crippen molar-refractivity contribution in [3.63, 3.8) is 0 Å². The summed E-state index contributed by atoms with van der Waals surface area (Å²) in [4.78, 5) is 0. The highest BCUT2D eigenvalue weighted by atomic mass is 16.5. The van der Waals surface area contributed by atoms with Crippen LogP contribution < -0.4 is 0 Å². The summed E-state index contributed by atoms with van der Waals surface area (Å²) < 4.78 is 4.98. The van der Waals surface area contributed by atoms with E-state index in [1.807, 2.05) is 6.92 Å². The average molecular weight is 154 g/mol. The first-order chi connectivity index (χ1) is 5.31. The predicted octanol–water partition coefficient (Wildman–Crippen LogP) is 2.61. The van der Waals surface area contributed by atoms with Crippen molar-refractivity contribution in [2.24, 2.45) is 0 Å². The van der Waals surface area contributed by atoms with E-state index in [0.717, 1.165) is 6.42 Å². The first kappa shape index (κ1) is 10.5. The summed E-state index contributed by atoms with van der Waals surface area (Å²) >= 11 is 0. The van der Waals surface area contributed by atoms with Crippen LogP contribution in [0, 0.1) is 11.8 Å². The molecule has 0 aliphatic rings. The van der Waals surface area contributed by atoms with E-state index in [4.69, 9.17) is 4.74 Å². The fraction of sp³-hybridized carbons (Fsp3) is 0.800. The van der Waals surface area contributed by atoms with Gasteiger partial charge in [-0.3, -0.25) is 0 Å². The third-order valence-electron chi connectivity index (χ3n) is 1.56. The van der Waals surface area contributed by atoms with Gasteiger partial charge in [0.05, 0.1) is 0 Å². The summed E-state index contributed by atoms with van der Waals surface area (Å²) in [6, 6.07) is 0.